The number of nitrogens with two attached hydrogens (primary N) is 1. The zero-order chi connectivity index (χ0) is 35.4. The van der Waals surface area contributed by atoms with Crippen LogP contribution in [0.3, 0.4) is 0 Å². The second-order valence-electron chi connectivity index (χ2n) is 14.1. The van der Waals surface area contributed by atoms with Crippen LogP contribution < -0.4 is 20.1 Å². The highest BCUT2D eigenvalue weighted by molar-refractivity contribution is 6.10. The first kappa shape index (κ1) is 32.2. The standard InChI is InChI=1S/C43H37N3O5/c1-4-49-29-19-15-28(16-20-29)46-39(37-31-11-7-5-9-26(31)21-27-10-6-8-12-32(27)37)40(42(46)48)50-30-17-13-25(14-18-30)36-33(24-44)41(45)51-35-23-43(2,3)22-34(47)38(35)36/h5-21,36,39-40H,4,22-23,45H2,1-3H3/t36?,39-,40+/m0/s1. The predicted octanol–water partition coefficient (Wildman–Crippen LogP) is 8.38. The van der Waals surface area contributed by atoms with Crippen molar-refractivity contribution >= 4 is 38.9 Å². The van der Waals surface area contributed by atoms with Gasteiger partial charge in [-0.15, -0.1) is 0 Å². The van der Waals surface area contributed by atoms with Gasteiger partial charge in [0.1, 0.15) is 34.9 Å². The molecule has 3 aliphatic rings. The van der Waals surface area contributed by atoms with E-state index in [9.17, 15) is 14.9 Å². The lowest BCUT2D eigenvalue weighted by Crippen LogP contribution is -2.61. The van der Waals surface area contributed by atoms with Crippen molar-refractivity contribution in [2.75, 3.05) is 11.5 Å². The minimum Gasteiger partial charge on any atom is -0.494 e. The van der Waals surface area contributed by atoms with Crippen molar-refractivity contribution in [1.82, 2.24) is 0 Å². The van der Waals surface area contributed by atoms with E-state index in [1.165, 1.54) is 0 Å². The van der Waals surface area contributed by atoms with Crippen LogP contribution >= 0.6 is 0 Å². The van der Waals surface area contributed by atoms with E-state index < -0.39 is 18.1 Å². The van der Waals surface area contributed by atoms with E-state index in [0.717, 1.165) is 44.1 Å². The molecule has 0 saturated carbocycles. The van der Waals surface area contributed by atoms with Crippen molar-refractivity contribution in [2.45, 2.75) is 51.7 Å². The number of allylic oxidation sites excluding steroid dienone is 3. The summed E-state index contributed by atoms with van der Waals surface area (Å²) >= 11 is 0. The molecule has 8 rings (SSSR count). The first-order valence-corrected chi connectivity index (χ1v) is 17.2. The predicted molar refractivity (Wildman–Crippen MR) is 196 cm³/mol. The Morgan fingerprint density at radius 1 is 0.882 bits per heavy atom. The Hall–Kier alpha value is -6.07. The SMILES string of the molecule is CCOc1ccc(N2C(=O)[C@H](Oc3ccc(C4C(C#N)=C(N)OC5=C4C(=O)CC(C)(C)C5)cc3)[C@@H]2c2c3ccccc3cc3ccccc23)cc1. The summed E-state index contributed by atoms with van der Waals surface area (Å²) in [5.41, 5.74) is 9.14. The van der Waals surface area contributed by atoms with Crippen LogP contribution in [0.15, 0.2) is 126 Å². The summed E-state index contributed by atoms with van der Waals surface area (Å²) in [7, 11) is 0. The number of amides is 1. The topological polar surface area (TPSA) is 115 Å². The van der Waals surface area contributed by atoms with Gasteiger partial charge in [-0.1, -0.05) is 74.5 Å². The number of β-lactam (4-membered cyclic amide) rings is 1. The summed E-state index contributed by atoms with van der Waals surface area (Å²) < 4.78 is 18.1. The maximum absolute atomic E-state index is 14.2. The molecule has 2 N–H and O–H groups in total. The number of carbonyl (C=O) groups excluding carboxylic acids is 2. The quantitative estimate of drug-likeness (QED) is 0.136. The lowest BCUT2D eigenvalue weighted by molar-refractivity contribution is -0.134. The Morgan fingerprint density at radius 2 is 1.51 bits per heavy atom. The fraction of sp³-hybridized carbons (Fsp3) is 0.233. The molecule has 5 aromatic rings. The van der Waals surface area contributed by atoms with Gasteiger partial charge >= 0.3 is 0 Å². The molecule has 3 atom stereocenters. The molecule has 1 saturated heterocycles. The highest BCUT2D eigenvalue weighted by atomic mass is 16.5. The fourth-order valence-electron chi connectivity index (χ4n) is 7.89. The highest BCUT2D eigenvalue weighted by Crippen LogP contribution is 2.49. The molecule has 8 heteroatoms. The molecule has 1 amide bonds. The number of ketones is 1. The Morgan fingerprint density at radius 3 is 2.14 bits per heavy atom. The molecule has 0 radical (unpaired) electrons. The van der Waals surface area contributed by atoms with Gasteiger partial charge in [-0.25, -0.2) is 0 Å². The third-order valence-electron chi connectivity index (χ3n) is 10.1. The van der Waals surface area contributed by atoms with Crippen LogP contribution in [0.1, 0.15) is 56.7 Å². The Bertz CT molecular complexity index is 2280. The number of fused-ring (bicyclic) bond motifs is 2. The molecule has 1 aliphatic carbocycles. The van der Waals surface area contributed by atoms with Crippen molar-refractivity contribution in [3.05, 3.63) is 137 Å². The van der Waals surface area contributed by atoms with Gasteiger partial charge in [0.2, 0.25) is 12.0 Å². The lowest BCUT2D eigenvalue weighted by Gasteiger charge is -2.47. The Kier molecular flexibility index (Phi) is 7.79. The third-order valence-corrected chi connectivity index (χ3v) is 10.1. The molecule has 2 heterocycles. The van der Waals surface area contributed by atoms with Crippen LogP contribution in [0.2, 0.25) is 0 Å². The van der Waals surface area contributed by atoms with Crippen molar-refractivity contribution in [3.8, 4) is 17.6 Å². The number of rotatable bonds is 7. The van der Waals surface area contributed by atoms with Crippen LogP contribution in [-0.2, 0) is 14.3 Å². The van der Waals surface area contributed by atoms with Crippen LogP contribution in [-0.4, -0.2) is 24.4 Å². The first-order valence-electron chi connectivity index (χ1n) is 17.2. The molecule has 2 aliphatic heterocycles. The van der Waals surface area contributed by atoms with Crippen LogP contribution in [0.4, 0.5) is 5.69 Å². The fourth-order valence-corrected chi connectivity index (χ4v) is 7.89. The molecule has 254 valence electrons. The van der Waals surface area contributed by atoms with E-state index in [0.29, 0.717) is 36.5 Å². The zero-order valence-electron chi connectivity index (χ0n) is 28.7. The summed E-state index contributed by atoms with van der Waals surface area (Å²) in [4.78, 5) is 29.4. The number of ether oxygens (including phenoxy) is 3. The number of anilines is 1. The second kappa shape index (κ2) is 12.4. The van der Waals surface area contributed by atoms with E-state index in [1.54, 1.807) is 12.1 Å². The number of carbonyl (C=O) groups is 2. The van der Waals surface area contributed by atoms with Gasteiger partial charge in [0.25, 0.3) is 5.91 Å². The largest absolute Gasteiger partial charge is 0.494 e. The van der Waals surface area contributed by atoms with Crippen LogP contribution in [0, 0.1) is 16.7 Å². The van der Waals surface area contributed by atoms with Gasteiger partial charge in [0.15, 0.2) is 5.78 Å². The zero-order valence-corrected chi connectivity index (χ0v) is 28.7. The van der Waals surface area contributed by atoms with Crippen molar-refractivity contribution in [1.29, 1.82) is 5.26 Å². The monoisotopic (exact) mass is 675 g/mol. The number of benzene rings is 5. The van der Waals surface area contributed by atoms with E-state index in [2.05, 4.69) is 36.4 Å². The molecule has 0 bridgehead atoms. The molecule has 1 unspecified atom stereocenters. The van der Waals surface area contributed by atoms with E-state index in [4.69, 9.17) is 19.9 Å². The normalized spacial score (nSPS) is 21.2. The summed E-state index contributed by atoms with van der Waals surface area (Å²) in [6.45, 7) is 6.52. The number of nitrogens with zero attached hydrogens (tertiary/aromatic N) is 2. The van der Waals surface area contributed by atoms with Crippen LogP contribution in [0.5, 0.6) is 11.5 Å². The third kappa shape index (κ3) is 5.46. The highest BCUT2D eigenvalue weighted by Gasteiger charge is 2.52. The van der Waals surface area contributed by atoms with Crippen LogP contribution in [0.25, 0.3) is 21.5 Å². The molecule has 51 heavy (non-hydrogen) atoms. The summed E-state index contributed by atoms with van der Waals surface area (Å²) in [6.07, 6.45) is 0.0791. The molecule has 8 nitrogen and oxygen atoms in total. The molecule has 0 spiro atoms. The number of hydrogen-bond acceptors (Lipinski definition) is 7. The summed E-state index contributed by atoms with van der Waals surface area (Å²) in [6, 6.07) is 35.2. The maximum atomic E-state index is 14.2. The van der Waals surface area contributed by atoms with Crippen molar-refractivity contribution in [2.24, 2.45) is 11.1 Å². The minimum atomic E-state index is -0.818. The average molecular weight is 676 g/mol. The van der Waals surface area contributed by atoms with Gasteiger partial charge in [0.05, 0.1) is 12.5 Å². The second-order valence-corrected chi connectivity index (χ2v) is 14.1. The Labute approximate surface area is 296 Å². The van der Waals surface area contributed by atoms with Gasteiger partial charge in [-0.2, -0.15) is 5.26 Å². The molecule has 5 aromatic carbocycles. The van der Waals surface area contributed by atoms with Gasteiger partial charge in [-0.3, -0.25) is 14.5 Å². The average Bonchev–Trinajstić information content (AvgIpc) is 3.12. The van der Waals surface area contributed by atoms with E-state index in [1.807, 2.05) is 86.3 Å². The van der Waals surface area contributed by atoms with Gasteiger partial charge < -0.3 is 19.9 Å². The van der Waals surface area contributed by atoms with E-state index >= 15 is 0 Å². The van der Waals surface area contributed by atoms with Crippen molar-refractivity contribution in [3.63, 3.8) is 0 Å². The number of Topliss-reactive ketones (excluding diaryl/α,β-unsaturated/α-hetero) is 1. The maximum Gasteiger partial charge on any atom is 0.271 e. The molecule has 1 fully saturated rings. The minimum absolute atomic E-state index is 0.0201. The summed E-state index contributed by atoms with van der Waals surface area (Å²) in [5.74, 6) is 0.909. The smallest absolute Gasteiger partial charge is 0.271 e. The number of nitriles is 1. The molecular weight excluding hydrogens is 638 g/mol. The van der Waals surface area contributed by atoms with Crippen molar-refractivity contribution < 1.29 is 23.8 Å². The number of hydrogen-bond donors (Lipinski definition) is 1. The Balaban J connectivity index is 1.18. The van der Waals surface area contributed by atoms with Gasteiger partial charge in [0, 0.05) is 24.1 Å². The first-order chi connectivity index (χ1) is 24.7. The molecular formula is C43H37N3O5. The van der Waals surface area contributed by atoms with E-state index in [-0.39, 0.29) is 28.6 Å². The molecule has 0 aromatic heterocycles. The lowest BCUT2D eigenvalue weighted by atomic mass is 9.70. The summed E-state index contributed by atoms with van der Waals surface area (Å²) in [5, 5.41) is 14.3. The van der Waals surface area contributed by atoms with Gasteiger partial charge in [-0.05, 0) is 87.5 Å².